The van der Waals surface area contributed by atoms with Crippen molar-refractivity contribution in [2.24, 2.45) is 0 Å². The van der Waals surface area contributed by atoms with E-state index in [2.05, 4.69) is 41.5 Å². The van der Waals surface area contributed by atoms with Crippen LogP contribution in [-0.2, 0) is 0 Å². The molecule has 0 unspecified atom stereocenters. The topological polar surface area (TPSA) is 40.5 Å². The highest BCUT2D eigenvalue weighted by molar-refractivity contribution is 4.31. The lowest BCUT2D eigenvalue weighted by Crippen LogP contribution is -1.85. The third-order valence-corrected chi connectivity index (χ3v) is 2.73. The maximum atomic E-state index is 8.09. The highest BCUT2D eigenvalue weighted by Crippen LogP contribution is 1.95. The van der Waals surface area contributed by atoms with E-state index in [0.717, 1.165) is 12.8 Å². The van der Waals surface area contributed by atoms with E-state index < -0.39 is 0 Å². The lowest BCUT2D eigenvalue weighted by Gasteiger charge is -1.86. The predicted octanol–water partition coefficient (Wildman–Crippen LogP) is 6.34. The van der Waals surface area contributed by atoms with Crippen LogP contribution in [0.5, 0.6) is 0 Å². The Bertz CT molecular complexity index is 85.7. The number of aliphatic hydroxyl groups is 2. The molecule has 0 saturated carbocycles. The molecule has 2 heteroatoms. The van der Waals surface area contributed by atoms with Gasteiger partial charge in [0.1, 0.15) is 0 Å². The van der Waals surface area contributed by atoms with Gasteiger partial charge in [0, 0.05) is 13.2 Å². The molecule has 0 aromatic carbocycles. The number of hydrogen-bond donors (Lipinski definition) is 2. The maximum Gasteiger partial charge on any atom is 0.0431 e. The molecule has 0 aromatic rings. The van der Waals surface area contributed by atoms with Crippen LogP contribution in [0.3, 0.4) is 0 Å². The van der Waals surface area contributed by atoms with Crippen LogP contribution >= 0.6 is 0 Å². The van der Waals surface area contributed by atoms with Gasteiger partial charge in [-0.3, -0.25) is 0 Å². The Hall–Kier alpha value is -0.0800. The summed E-state index contributed by atoms with van der Waals surface area (Å²) in [7, 11) is 0. The van der Waals surface area contributed by atoms with Crippen molar-refractivity contribution in [3.8, 4) is 0 Å². The van der Waals surface area contributed by atoms with Gasteiger partial charge in [0.15, 0.2) is 0 Å². The van der Waals surface area contributed by atoms with Gasteiger partial charge in [-0.2, -0.15) is 0 Å². The van der Waals surface area contributed by atoms with Crippen LogP contribution in [0.25, 0.3) is 0 Å². The molecular weight excluding hydrogens is 260 g/mol. The number of hydrogen-bond acceptors (Lipinski definition) is 2. The standard InChI is InChI=1S/C6H14.C5H12.C4H10O2.C4H10/c1-3-5-6-4-2;1-3-5-4-2;5-3-1-2-4-6;1-3-4-2/h3-6H2,1-2H3;3-5H2,1-2H3;5-6H,1-4H2;3-4H2,1-2H3. The molecule has 0 amide bonds. The van der Waals surface area contributed by atoms with E-state index in [9.17, 15) is 0 Å². The number of unbranched alkanes of at least 4 members (excludes halogenated alkanes) is 7. The monoisotopic (exact) mass is 306 g/mol. The normalized spacial score (nSPS) is 8.57. The SMILES string of the molecule is CCCC.CCCCC.CCCCCC.OCCCCO. The molecule has 2 nitrogen and oxygen atoms in total. The Morgan fingerprint density at radius 3 is 0.762 bits per heavy atom. The summed E-state index contributed by atoms with van der Waals surface area (Å²) in [6, 6.07) is 0. The number of aliphatic hydroxyl groups excluding tert-OH is 2. The van der Waals surface area contributed by atoms with Crippen LogP contribution in [0, 0.1) is 0 Å². The molecule has 0 aromatic heterocycles. The summed E-state index contributed by atoms with van der Waals surface area (Å²) < 4.78 is 0. The summed E-state index contributed by atoms with van der Waals surface area (Å²) in [6.07, 6.45) is 13.7. The molecule has 0 heterocycles. The first kappa shape index (κ1) is 29.0. The van der Waals surface area contributed by atoms with E-state index >= 15 is 0 Å². The van der Waals surface area contributed by atoms with Gasteiger partial charge in [-0.25, -0.2) is 0 Å². The average Bonchev–Trinajstić information content (AvgIpc) is 2.53. The highest BCUT2D eigenvalue weighted by atomic mass is 16.3. The Morgan fingerprint density at radius 1 is 0.381 bits per heavy atom. The molecule has 0 aliphatic heterocycles. The van der Waals surface area contributed by atoms with E-state index in [1.807, 2.05) is 0 Å². The lowest BCUT2D eigenvalue weighted by atomic mass is 10.2. The summed E-state index contributed by atoms with van der Waals surface area (Å²) in [4.78, 5) is 0. The molecule has 0 fully saturated rings. The molecular formula is C19H46O2. The lowest BCUT2D eigenvalue weighted by molar-refractivity contribution is 0.242. The van der Waals surface area contributed by atoms with E-state index in [-0.39, 0.29) is 13.2 Å². The van der Waals surface area contributed by atoms with Gasteiger partial charge in [-0.05, 0) is 12.8 Å². The zero-order chi connectivity index (χ0) is 17.2. The molecule has 0 rings (SSSR count). The molecule has 21 heavy (non-hydrogen) atoms. The molecule has 0 radical (unpaired) electrons. The predicted molar refractivity (Wildman–Crippen MR) is 99.0 cm³/mol. The van der Waals surface area contributed by atoms with Gasteiger partial charge >= 0.3 is 0 Å². The third kappa shape index (κ3) is 80.4. The second-order valence-corrected chi connectivity index (χ2v) is 5.21. The summed E-state index contributed by atoms with van der Waals surface area (Å²) in [5.74, 6) is 0. The van der Waals surface area contributed by atoms with Crippen LogP contribution in [0.1, 0.15) is 112 Å². The van der Waals surface area contributed by atoms with Crippen LogP contribution in [-0.4, -0.2) is 23.4 Å². The first-order valence-electron chi connectivity index (χ1n) is 9.38. The molecule has 134 valence electrons. The van der Waals surface area contributed by atoms with Crippen molar-refractivity contribution in [3.63, 3.8) is 0 Å². The second kappa shape index (κ2) is 42.7. The van der Waals surface area contributed by atoms with Crippen molar-refractivity contribution >= 4 is 0 Å². The maximum absolute atomic E-state index is 8.09. The van der Waals surface area contributed by atoms with Crippen molar-refractivity contribution in [2.75, 3.05) is 13.2 Å². The first-order valence-corrected chi connectivity index (χ1v) is 9.38. The Balaban J connectivity index is -0.0000000929. The van der Waals surface area contributed by atoms with E-state index in [1.165, 1.54) is 57.8 Å². The van der Waals surface area contributed by atoms with Crippen LogP contribution in [0.4, 0.5) is 0 Å². The molecule has 0 aliphatic carbocycles. The van der Waals surface area contributed by atoms with Crippen LogP contribution in [0.15, 0.2) is 0 Å². The fourth-order valence-corrected chi connectivity index (χ4v) is 1.08. The summed E-state index contributed by atoms with van der Waals surface area (Å²) in [6.45, 7) is 13.6. The first-order chi connectivity index (χ1) is 10.2. The van der Waals surface area contributed by atoms with Crippen molar-refractivity contribution in [1.29, 1.82) is 0 Å². The van der Waals surface area contributed by atoms with Gasteiger partial charge in [0.05, 0.1) is 0 Å². The minimum Gasteiger partial charge on any atom is -0.396 e. The third-order valence-electron chi connectivity index (χ3n) is 2.73. The van der Waals surface area contributed by atoms with Gasteiger partial charge < -0.3 is 10.2 Å². The molecule has 0 bridgehead atoms. The molecule has 0 aliphatic rings. The molecule has 0 atom stereocenters. The zero-order valence-corrected chi connectivity index (χ0v) is 16.1. The minimum atomic E-state index is 0.195. The quantitative estimate of drug-likeness (QED) is 0.488. The summed E-state index contributed by atoms with van der Waals surface area (Å²) in [5.41, 5.74) is 0. The fraction of sp³-hybridized carbons (Fsp3) is 1.00. The van der Waals surface area contributed by atoms with Crippen LogP contribution < -0.4 is 0 Å². The fourth-order valence-electron chi connectivity index (χ4n) is 1.08. The highest BCUT2D eigenvalue weighted by Gasteiger charge is 1.77. The van der Waals surface area contributed by atoms with Crippen LogP contribution in [0.2, 0.25) is 0 Å². The second-order valence-electron chi connectivity index (χ2n) is 5.21. The van der Waals surface area contributed by atoms with Crippen molar-refractivity contribution < 1.29 is 10.2 Å². The van der Waals surface area contributed by atoms with Gasteiger partial charge in [0.25, 0.3) is 0 Å². The van der Waals surface area contributed by atoms with E-state index in [1.54, 1.807) is 0 Å². The van der Waals surface area contributed by atoms with Gasteiger partial charge in [-0.15, -0.1) is 0 Å². The zero-order valence-electron chi connectivity index (χ0n) is 16.1. The van der Waals surface area contributed by atoms with E-state index in [0.29, 0.717) is 0 Å². The molecule has 2 N–H and O–H groups in total. The summed E-state index contributed by atoms with van der Waals surface area (Å²) in [5, 5.41) is 16.2. The minimum absolute atomic E-state index is 0.195. The average molecular weight is 307 g/mol. The van der Waals surface area contributed by atoms with Crippen molar-refractivity contribution in [2.45, 2.75) is 112 Å². The summed E-state index contributed by atoms with van der Waals surface area (Å²) >= 11 is 0. The Labute approximate surface area is 136 Å². The smallest absolute Gasteiger partial charge is 0.0431 e. The van der Waals surface area contributed by atoms with Crippen molar-refractivity contribution in [3.05, 3.63) is 0 Å². The molecule has 0 spiro atoms. The largest absolute Gasteiger partial charge is 0.396 e. The van der Waals surface area contributed by atoms with Gasteiger partial charge in [0.2, 0.25) is 0 Å². The Morgan fingerprint density at radius 2 is 0.667 bits per heavy atom. The van der Waals surface area contributed by atoms with Gasteiger partial charge in [-0.1, -0.05) is 99.3 Å². The Kier molecular flexibility index (Phi) is 59.0. The van der Waals surface area contributed by atoms with Crippen molar-refractivity contribution in [1.82, 2.24) is 0 Å². The number of rotatable bonds is 9. The molecule has 0 saturated heterocycles. The van der Waals surface area contributed by atoms with E-state index in [4.69, 9.17) is 10.2 Å².